The molecule has 0 aliphatic carbocycles. The molecule has 4 nitrogen and oxygen atoms in total. The van der Waals surface area contributed by atoms with Gasteiger partial charge in [-0.1, -0.05) is 11.6 Å². The van der Waals surface area contributed by atoms with Crippen LogP contribution in [0.15, 0.2) is 47.8 Å². The Balaban J connectivity index is 1.81. The van der Waals surface area contributed by atoms with Crippen molar-refractivity contribution in [2.45, 2.75) is 18.6 Å². The van der Waals surface area contributed by atoms with Crippen LogP contribution >= 0.6 is 22.9 Å². The highest BCUT2D eigenvalue weighted by Gasteiger charge is 2.30. The van der Waals surface area contributed by atoms with Gasteiger partial charge in [-0.25, -0.2) is 4.79 Å². The summed E-state index contributed by atoms with van der Waals surface area (Å²) in [5, 5.41) is 5.80. The van der Waals surface area contributed by atoms with Crippen molar-refractivity contribution in [1.82, 2.24) is 5.32 Å². The molecule has 0 radical (unpaired) electrons. The van der Waals surface area contributed by atoms with E-state index in [-0.39, 0.29) is 12.0 Å². The molecule has 0 spiro atoms. The van der Waals surface area contributed by atoms with Gasteiger partial charge in [-0.05, 0) is 58.8 Å². The molecule has 3 aromatic rings. The highest BCUT2D eigenvalue weighted by molar-refractivity contribution is 7.17. The molecular weight excluding hydrogens is 427 g/mol. The first-order valence-electron chi connectivity index (χ1n) is 8.40. The molecule has 1 amide bonds. The van der Waals surface area contributed by atoms with Gasteiger partial charge in [0.1, 0.15) is 6.04 Å². The van der Waals surface area contributed by atoms with Crippen LogP contribution in [-0.2, 0) is 22.1 Å². The molecule has 3 rings (SSSR count). The minimum absolute atomic E-state index is 0.00474. The van der Waals surface area contributed by atoms with Gasteiger partial charge in [0.25, 0.3) is 5.91 Å². The lowest BCUT2D eigenvalue weighted by Gasteiger charge is -2.17. The Morgan fingerprint density at radius 1 is 1.17 bits per heavy atom. The first-order chi connectivity index (χ1) is 13.7. The van der Waals surface area contributed by atoms with Crippen molar-refractivity contribution in [3.63, 3.8) is 0 Å². The number of rotatable bonds is 5. The van der Waals surface area contributed by atoms with Gasteiger partial charge in [-0.2, -0.15) is 13.2 Å². The Labute approximate surface area is 173 Å². The standard InChI is InChI=1S/C20H15ClF3NO3S/c1-28-19(27)16(8-12-10-29-17-7-6-14(21)9-15(12)17)25-18(26)11-2-4-13(5-3-11)20(22,23)24/h2-7,9-10,16H,8H2,1H3,(H,25,26). The molecule has 1 N–H and O–H groups in total. The third kappa shape index (κ3) is 4.89. The van der Waals surface area contributed by atoms with E-state index in [4.69, 9.17) is 16.3 Å². The normalized spacial score (nSPS) is 12.6. The third-order valence-corrected chi connectivity index (χ3v) is 5.55. The Kier molecular flexibility index (Phi) is 6.14. The lowest BCUT2D eigenvalue weighted by molar-refractivity contribution is -0.142. The van der Waals surface area contributed by atoms with E-state index in [2.05, 4.69) is 5.32 Å². The maximum Gasteiger partial charge on any atom is 0.416 e. The second kappa shape index (κ2) is 8.42. The molecule has 9 heteroatoms. The second-order valence-electron chi connectivity index (χ2n) is 6.23. The van der Waals surface area contributed by atoms with Crippen molar-refractivity contribution in [2.24, 2.45) is 0 Å². The summed E-state index contributed by atoms with van der Waals surface area (Å²) in [6.07, 6.45) is -4.34. The number of methoxy groups -OCH3 is 1. The van der Waals surface area contributed by atoms with Crippen LogP contribution in [0.1, 0.15) is 21.5 Å². The first kappa shape index (κ1) is 21.1. The van der Waals surface area contributed by atoms with Crippen LogP contribution in [-0.4, -0.2) is 25.0 Å². The number of thiophene rings is 1. The van der Waals surface area contributed by atoms with Crippen molar-refractivity contribution in [2.75, 3.05) is 7.11 Å². The Bertz CT molecular complexity index is 1050. The Morgan fingerprint density at radius 3 is 2.48 bits per heavy atom. The number of carbonyl (C=O) groups excluding carboxylic acids is 2. The van der Waals surface area contributed by atoms with Gasteiger partial charge in [-0.3, -0.25) is 4.79 Å². The zero-order chi connectivity index (χ0) is 21.2. The van der Waals surface area contributed by atoms with Crippen LogP contribution in [0.3, 0.4) is 0 Å². The zero-order valence-electron chi connectivity index (χ0n) is 15.0. The van der Waals surface area contributed by atoms with Gasteiger partial charge in [-0.15, -0.1) is 11.3 Å². The molecule has 152 valence electrons. The van der Waals surface area contributed by atoms with Gasteiger partial charge in [0.15, 0.2) is 0 Å². The van der Waals surface area contributed by atoms with E-state index < -0.39 is 29.7 Å². The van der Waals surface area contributed by atoms with Gasteiger partial charge in [0.05, 0.1) is 12.7 Å². The van der Waals surface area contributed by atoms with Crippen LogP contribution in [0.2, 0.25) is 5.02 Å². The predicted octanol–water partition coefficient (Wildman–Crippen LogP) is 5.09. The molecule has 0 aliphatic heterocycles. The topological polar surface area (TPSA) is 55.4 Å². The first-order valence-corrected chi connectivity index (χ1v) is 9.66. The molecule has 0 aliphatic rings. The monoisotopic (exact) mass is 441 g/mol. The fourth-order valence-electron chi connectivity index (χ4n) is 2.82. The number of amides is 1. The summed E-state index contributed by atoms with van der Waals surface area (Å²) >= 11 is 7.52. The van der Waals surface area contributed by atoms with Crippen LogP contribution < -0.4 is 5.32 Å². The molecule has 0 saturated carbocycles. The predicted molar refractivity (Wildman–Crippen MR) is 105 cm³/mol. The average molecular weight is 442 g/mol. The van der Waals surface area contributed by atoms with E-state index in [1.807, 2.05) is 11.4 Å². The van der Waals surface area contributed by atoms with Gasteiger partial charge in [0, 0.05) is 21.7 Å². The quantitative estimate of drug-likeness (QED) is 0.561. The van der Waals surface area contributed by atoms with E-state index in [0.29, 0.717) is 5.02 Å². The van der Waals surface area contributed by atoms with E-state index in [1.165, 1.54) is 18.4 Å². The number of fused-ring (bicyclic) bond motifs is 1. The van der Waals surface area contributed by atoms with E-state index in [1.54, 1.807) is 12.1 Å². The fourth-order valence-corrected chi connectivity index (χ4v) is 3.95. The van der Waals surface area contributed by atoms with Crippen LogP contribution in [0.25, 0.3) is 10.1 Å². The minimum atomic E-state index is -4.50. The Morgan fingerprint density at radius 2 is 1.86 bits per heavy atom. The summed E-state index contributed by atoms with van der Waals surface area (Å²) in [5.74, 6) is -1.33. The van der Waals surface area contributed by atoms with Crippen LogP contribution in [0.4, 0.5) is 13.2 Å². The number of ether oxygens (including phenoxy) is 1. The minimum Gasteiger partial charge on any atom is -0.467 e. The highest BCUT2D eigenvalue weighted by atomic mass is 35.5. The number of benzene rings is 2. The van der Waals surface area contributed by atoms with E-state index in [9.17, 15) is 22.8 Å². The van der Waals surface area contributed by atoms with Crippen LogP contribution in [0.5, 0.6) is 0 Å². The summed E-state index contributed by atoms with van der Waals surface area (Å²) in [4.78, 5) is 24.6. The van der Waals surface area contributed by atoms with Crippen molar-refractivity contribution in [3.8, 4) is 0 Å². The second-order valence-corrected chi connectivity index (χ2v) is 7.58. The highest BCUT2D eigenvalue weighted by Crippen LogP contribution is 2.30. The maximum absolute atomic E-state index is 12.7. The molecule has 0 saturated heterocycles. The summed E-state index contributed by atoms with van der Waals surface area (Å²) in [7, 11) is 1.20. The summed E-state index contributed by atoms with van der Waals surface area (Å²) in [5.41, 5.74) is -0.0547. The summed E-state index contributed by atoms with van der Waals surface area (Å²) in [6, 6.07) is 8.14. The van der Waals surface area contributed by atoms with Gasteiger partial charge < -0.3 is 10.1 Å². The molecule has 1 unspecified atom stereocenters. The van der Waals surface area contributed by atoms with Gasteiger partial charge >= 0.3 is 12.1 Å². The average Bonchev–Trinajstić information content (AvgIpc) is 3.08. The third-order valence-electron chi connectivity index (χ3n) is 4.31. The number of halogens is 4. The number of carbonyl (C=O) groups is 2. The largest absolute Gasteiger partial charge is 0.467 e. The number of alkyl halides is 3. The number of hydrogen-bond donors (Lipinski definition) is 1. The van der Waals surface area contributed by atoms with E-state index >= 15 is 0 Å². The Hall–Kier alpha value is -2.58. The number of hydrogen-bond acceptors (Lipinski definition) is 4. The lowest BCUT2D eigenvalue weighted by Crippen LogP contribution is -2.43. The molecular formula is C20H15ClF3NO3S. The molecule has 0 fully saturated rings. The molecule has 2 aromatic carbocycles. The molecule has 0 bridgehead atoms. The SMILES string of the molecule is COC(=O)C(Cc1csc2ccc(Cl)cc12)NC(=O)c1ccc(C(F)(F)F)cc1. The summed E-state index contributed by atoms with van der Waals surface area (Å²) in [6.45, 7) is 0. The fraction of sp³-hybridized carbons (Fsp3) is 0.200. The van der Waals surface area contributed by atoms with Crippen molar-refractivity contribution in [1.29, 1.82) is 0 Å². The lowest BCUT2D eigenvalue weighted by atomic mass is 10.0. The van der Waals surface area contributed by atoms with Crippen molar-refractivity contribution in [3.05, 3.63) is 69.6 Å². The molecule has 1 atom stereocenters. The van der Waals surface area contributed by atoms with Crippen molar-refractivity contribution < 1.29 is 27.5 Å². The van der Waals surface area contributed by atoms with Gasteiger partial charge in [0.2, 0.25) is 0 Å². The smallest absolute Gasteiger partial charge is 0.416 e. The zero-order valence-corrected chi connectivity index (χ0v) is 16.6. The maximum atomic E-state index is 12.7. The van der Waals surface area contributed by atoms with E-state index in [0.717, 1.165) is 39.9 Å². The van der Waals surface area contributed by atoms with Crippen molar-refractivity contribution >= 4 is 44.9 Å². The van der Waals surface area contributed by atoms with Crippen LogP contribution in [0, 0.1) is 0 Å². The molecule has 1 aromatic heterocycles. The number of esters is 1. The molecule has 29 heavy (non-hydrogen) atoms. The number of nitrogens with one attached hydrogen (secondary N) is 1. The summed E-state index contributed by atoms with van der Waals surface area (Å²) < 4.78 is 43.8. The molecule has 1 heterocycles.